The number of nitrogens with zero attached hydrogens (tertiary/aromatic N) is 3. The predicted molar refractivity (Wildman–Crippen MR) is 74.7 cm³/mol. The van der Waals surface area contributed by atoms with Crippen molar-refractivity contribution in [2.24, 2.45) is 11.7 Å². The van der Waals surface area contributed by atoms with Gasteiger partial charge in [0, 0.05) is 6.04 Å². The first-order valence-corrected chi connectivity index (χ1v) is 6.40. The second kappa shape index (κ2) is 5.68. The largest absolute Gasteiger partial charge is 0.323 e. The maximum Gasteiger partial charge on any atom is 0.101 e. The van der Waals surface area contributed by atoms with Crippen LogP contribution in [0.3, 0.4) is 0 Å². The summed E-state index contributed by atoms with van der Waals surface area (Å²) in [6.45, 7) is 4.29. The number of nitrogens with two attached hydrogens (primary N) is 1. The second-order valence-corrected chi connectivity index (χ2v) is 5.05. The third-order valence-corrected chi connectivity index (χ3v) is 3.06. The third kappa shape index (κ3) is 2.83. The van der Waals surface area contributed by atoms with Gasteiger partial charge in [-0.3, -0.25) is 0 Å². The van der Waals surface area contributed by atoms with Crippen molar-refractivity contribution in [3.8, 4) is 11.8 Å². The van der Waals surface area contributed by atoms with E-state index < -0.39 is 0 Å². The number of hydrogen-bond donors (Lipinski definition) is 1. The molecule has 0 saturated heterocycles. The van der Waals surface area contributed by atoms with Crippen molar-refractivity contribution < 1.29 is 0 Å². The van der Waals surface area contributed by atoms with Crippen LogP contribution in [0.15, 0.2) is 36.8 Å². The number of rotatable bonds is 4. The number of nitriles is 1. The minimum absolute atomic E-state index is 0.0748. The van der Waals surface area contributed by atoms with E-state index >= 15 is 0 Å². The van der Waals surface area contributed by atoms with E-state index in [0.717, 1.165) is 17.8 Å². The van der Waals surface area contributed by atoms with Crippen molar-refractivity contribution in [1.82, 2.24) is 9.55 Å². The highest BCUT2D eigenvalue weighted by molar-refractivity contribution is 5.49. The number of hydrogen-bond acceptors (Lipinski definition) is 3. The monoisotopic (exact) mass is 254 g/mol. The van der Waals surface area contributed by atoms with Crippen LogP contribution in [0.25, 0.3) is 5.69 Å². The highest BCUT2D eigenvalue weighted by Crippen LogP contribution is 2.23. The van der Waals surface area contributed by atoms with Crippen LogP contribution in [0.5, 0.6) is 0 Å². The Morgan fingerprint density at radius 3 is 2.79 bits per heavy atom. The standard InChI is InChI=1S/C15H18N4/c1-11(2)7-13(17)15-9-18-10-19(15)14-6-4-3-5-12(14)8-16/h3-6,9-11,13H,7,17H2,1-2H3. The first kappa shape index (κ1) is 13.3. The van der Waals surface area contributed by atoms with Gasteiger partial charge in [-0.15, -0.1) is 0 Å². The molecule has 19 heavy (non-hydrogen) atoms. The highest BCUT2D eigenvalue weighted by atomic mass is 15.1. The minimum Gasteiger partial charge on any atom is -0.323 e. The van der Waals surface area contributed by atoms with Gasteiger partial charge < -0.3 is 10.3 Å². The van der Waals surface area contributed by atoms with E-state index in [0.29, 0.717) is 11.5 Å². The van der Waals surface area contributed by atoms with Gasteiger partial charge in [0.25, 0.3) is 0 Å². The molecule has 0 aliphatic heterocycles. The van der Waals surface area contributed by atoms with Crippen LogP contribution in [0.2, 0.25) is 0 Å². The fourth-order valence-corrected chi connectivity index (χ4v) is 2.19. The first-order valence-electron chi connectivity index (χ1n) is 6.40. The molecule has 1 aromatic carbocycles. The molecule has 2 aromatic rings. The molecule has 0 aliphatic rings. The molecule has 2 N–H and O–H groups in total. The smallest absolute Gasteiger partial charge is 0.101 e. The zero-order valence-corrected chi connectivity index (χ0v) is 11.2. The Bertz CT molecular complexity index is 592. The third-order valence-electron chi connectivity index (χ3n) is 3.06. The molecule has 0 radical (unpaired) electrons. The zero-order chi connectivity index (χ0) is 13.8. The summed E-state index contributed by atoms with van der Waals surface area (Å²) in [4.78, 5) is 4.18. The quantitative estimate of drug-likeness (QED) is 0.912. The van der Waals surface area contributed by atoms with Crippen molar-refractivity contribution in [2.75, 3.05) is 0 Å². The summed E-state index contributed by atoms with van der Waals surface area (Å²) in [6.07, 6.45) is 4.38. The molecule has 1 heterocycles. The highest BCUT2D eigenvalue weighted by Gasteiger charge is 2.15. The van der Waals surface area contributed by atoms with Crippen LogP contribution in [0, 0.1) is 17.2 Å². The maximum absolute atomic E-state index is 9.18. The number of para-hydroxylation sites is 1. The molecule has 4 heteroatoms. The van der Waals surface area contributed by atoms with E-state index in [1.165, 1.54) is 0 Å². The molecule has 98 valence electrons. The summed E-state index contributed by atoms with van der Waals surface area (Å²) < 4.78 is 1.91. The van der Waals surface area contributed by atoms with E-state index in [1.54, 1.807) is 18.6 Å². The van der Waals surface area contributed by atoms with Gasteiger partial charge in [-0.1, -0.05) is 26.0 Å². The lowest BCUT2D eigenvalue weighted by molar-refractivity contribution is 0.498. The predicted octanol–water partition coefficient (Wildman–Crippen LogP) is 2.79. The molecule has 0 spiro atoms. The van der Waals surface area contributed by atoms with Gasteiger partial charge >= 0.3 is 0 Å². The van der Waals surface area contributed by atoms with Crippen LogP contribution in [0.1, 0.15) is 37.6 Å². The van der Waals surface area contributed by atoms with Gasteiger partial charge in [0.1, 0.15) is 6.07 Å². The van der Waals surface area contributed by atoms with E-state index in [2.05, 4.69) is 24.9 Å². The lowest BCUT2D eigenvalue weighted by atomic mass is 10.0. The zero-order valence-electron chi connectivity index (χ0n) is 11.2. The number of aromatic nitrogens is 2. The molecule has 0 aliphatic carbocycles. The molecule has 0 saturated carbocycles. The Balaban J connectivity index is 2.42. The molecule has 0 bridgehead atoms. The van der Waals surface area contributed by atoms with Gasteiger partial charge in [-0.2, -0.15) is 5.26 Å². The summed E-state index contributed by atoms with van der Waals surface area (Å²) in [7, 11) is 0. The van der Waals surface area contributed by atoms with Crippen LogP contribution < -0.4 is 5.73 Å². The SMILES string of the molecule is CC(C)CC(N)c1cncn1-c1ccccc1C#N. The molecule has 0 amide bonds. The topological polar surface area (TPSA) is 67.6 Å². The van der Waals surface area contributed by atoms with E-state index in [9.17, 15) is 5.26 Å². The fraction of sp³-hybridized carbons (Fsp3) is 0.333. The number of imidazole rings is 1. The van der Waals surface area contributed by atoms with Crippen LogP contribution in [0.4, 0.5) is 0 Å². The lowest BCUT2D eigenvalue weighted by Crippen LogP contribution is -2.17. The summed E-state index contributed by atoms with van der Waals surface area (Å²) in [5.74, 6) is 0.518. The van der Waals surface area contributed by atoms with Gasteiger partial charge in [0.05, 0.1) is 29.5 Å². The summed E-state index contributed by atoms with van der Waals surface area (Å²) in [5, 5.41) is 9.18. The van der Waals surface area contributed by atoms with E-state index in [4.69, 9.17) is 5.73 Å². The minimum atomic E-state index is -0.0748. The Hall–Kier alpha value is -2.12. The molecule has 0 fully saturated rings. The summed E-state index contributed by atoms with van der Waals surface area (Å²) in [5.41, 5.74) is 8.62. The Kier molecular flexibility index (Phi) is 3.98. The van der Waals surface area contributed by atoms with Gasteiger partial charge in [-0.25, -0.2) is 4.98 Å². The van der Waals surface area contributed by atoms with Crippen LogP contribution >= 0.6 is 0 Å². The van der Waals surface area contributed by atoms with Crippen molar-refractivity contribution in [1.29, 1.82) is 5.26 Å². The average Bonchev–Trinajstić information content (AvgIpc) is 2.87. The molecule has 1 atom stereocenters. The molecule has 4 nitrogen and oxygen atoms in total. The van der Waals surface area contributed by atoms with Crippen LogP contribution in [-0.4, -0.2) is 9.55 Å². The Morgan fingerprint density at radius 1 is 1.37 bits per heavy atom. The first-order chi connectivity index (χ1) is 9.13. The molecular weight excluding hydrogens is 236 g/mol. The van der Waals surface area contributed by atoms with E-state index in [1.807, 2.05) is 22.8 Å². The second-order valence-electron chi connectivity index (χ2n) is 5.05. The Labute approximate surface area is 113 Å². The molecule has 1 unspecified atom stereocenters. The van der Waals surface area contributed by atoms with Crippen LogP contribution in [-0.2, 0) is 0 Å². The van der Waals surface area contributed by atoms with Crippen molar-refractivity contribution in [3.05, 3.63) is 48.0 Å². The normalized spacial score (nSPS) is 12.4. The summed E-state index contributed by atoms with van der Waals surface area (Å²) >= 11 is 0. The van der Waals surface area contributed by atoms with E-state index in [-0.39, 0.29) is 6.04 Å². The van der Waals surface area contributed by atoms with Crippen molar-refractivity contribution in [3.63, 3.8) is 0 Å². The maximum atomic E-state index is 9.18. The molecule has 1 aromatic heterocycles. The van der Waals surface area contributed by atoms with Gasteiger partial charge in [0.2, 0.25) is 0 Å². The van der Waals surface area contributed by atoms with Gasteiger partial charge in [0.15, 0.2) is 0 Å². The average molecular weight is 254 g/mol. The fourth-order valence-electron chi connectivity index (χ4n) is 2.19. The number of benzene rings is 1. The van der Waals surface area contributed by atoms with Gasteiger partial charge in [-0.05, 0) is 24.5 Å². The van der Waals surface area contributed by atoms with Crippen molar-refractivity contribution >= 4 is 0 Å². The summed E-state index contributed by atoms with van der Waals surface area (Å²) in [6, 6.07) is 9.60. The molecular formula is C15H18N4. The Morgan fingerprint density at radius 2 is 2.11 bits per heavy atom. The lowest BCUT2D eigenvalue weighted by Gasteiger charge is -2.17. The van der Waals surface area contributed by atoms with Crippen molar-refractivity contribution in [2.45, 2.75) is 26.3 Å². The molecule has 2 rings (SSSR count).